The van der Waals surface area contributed by atoms with Crippen LogP contribution in [0.25, 0.3) is 5.65 Å². The Bertz CT molecular complexity index is 1600. The minimum atomic E-state index is -0.765. The van der Waals surface area contributed by atoms with Crippen molar-refractivity contribution in [3.05, 3.63) is 82.7 Å². The van der Waals surface area contributed by atoms with Crippen LogP contribution in [0.5, 0.6) is 5.88 Å². The maximum absolute atomic E-state index is 14.5. The molecular weight excluding hydrogens is 509 g/mol. The van der Waals surface area contributed by atoms with Gasteiger partial charge in [-0.1, -0.05) is 12.0 Å². The van der Waals surface area contributed by atoms with Gasteiger partial charge >= 0.3 is 0 Å². The second-order valence-corrected chi connectivity index (χ2v) is 10.2. The minimum absolute atomic E-state index is 0.00381. The normalized spacial score (nSPS) is 14.2. The zero-order chi connectivity index (χ0) is 28.2. The first-order chi connectivity index (χ1) is 19.2. The number of hydrogen-bond acceptors (Lipinski definition) is 7. The summed E-state index contributed by atoms with van der Waals surface area (Å²) >= 11 is 0. The molecule has 40 heavy (non-hydrogen) atoms. The average Bonchev–Trinajstić information content (AvgIpc) is 3.32. The molecule has 206 valence electrons. The van der Waals surface area contributed by atoms with Gasteiger partial charge in [0.25, 0.3) is 5.91 Å². The van der Waals surface area contributed by atoms with Gasteiger partial charge in [0.1, 0.15) is 5.69 Å². The van der Waals surface area contributed by atoms with Crippen LogP contribution >= 0.6 is 0 Å². The number of rotatable bonds is 6. The third-order valence-corrected chi connectivity index (χ3v) is 6.71. The van der Waals surface area contributed by atoms with Crippen LogP contribution < -0.4 is 10.1 Å². The van der Waals surface area contributed by atoms with E-state index in [1.165, 1.54) is 22.3 Å². The molecule has 9 nitrogen and oxygen atoms in total. The SMILES string of the molecule is Cc1cc(NC(=O)c2cnc(F)c(C#Cc3cnc4ccc(OC(C)C)nn34)c2)ccc1CN1CCN(C)CC1. The molecule has 1 aliphatic heterocycles. The molecule has 0 spiro atoms. The van der Waals surface area contributed by atoms with Crippen molar-refractivity contribution in [2.75, 3.05) is 38.5 Å². The summed E-state index contributed by atoms with van der Waals surface area (Å²) in [7, 11) is 2.14. The van der Waals surface area contributed by atoms with E-state index in [-0.39, 0.29) is 17.2 Å². The zero-order valence-electron chi connectivity index (χ0n) is 23.1. The number of anilines is 1. The van der Waals surface area contributed by atoms with Gasteiger partial charge in [-0.15, -0.1) is 5.10 Å². The number of pyridine rings is 1. The summed E-state index contributed by atoms with van der Waals surface area (Å²) in [6, 6.07) is 10.8. The van der Waals surface area contributed by atoms with Gasteiger partial charge in [0.2, 0.25) is 11.8 Å². The quantitative estimate of drug-likeness (QED) is 0.294. The van der Waals surface area contributed by atoms with Crippen LogP contribution in [0.4, 0.5) is 10.1 Å². The summed E-state index contributed by atoms with van der Waals surface area (Å²) in [5.74, 6) is 4.92. The number of halogens is 1. The molecule has 1 N–H and O–H groups in total. The number of imidazole rings is 1. The Morgan fingerprint density at radius 2 is 1.88 bits per heavy atom. The van der Waals surface area contributed by atoms with Crippen molar-refractivity contribution in [3.63, 3.8) is 0 Å². The minimum Gasteiger partial charge on any atom is -0.474 e. The van der Waals surface area contributed by atoms with Crippen LogP contribution in [0, 0.1) is 24.7 Å². The topological polar surface area (TPSA) is 87.9 Å². The lowest BCUT2D eigenvalue weighted by molar-refractivity contribution is 0.102. The number of benzene rings is 1. The zero-order valence-corrected chi connectivity index (χ0v) is 23.1. The number of carbonyl (C=O) groups is 1. The van der Waals surface area contributed by atoms with Crippen molar-refractivity contribution in [2.45, 2.75) is 33.4 Å². The van der Waals surface area contributed by atoms with Gasteiger partial charge in [-0.05, 0) is 69.1 Å². The second kappa shape index (κ2) is 11.8. The van der Waals surface area contributed by atoms with Crippen LogP contribution in [0.1, 0.15) is 46.6 Å². The standard InChI is InChI=1S/C30H32FN7O2/c1-20(2)40-28-10-9-27-32-18-26(38(27)35-28)8-6-22-16-24(17-33-29(22)31)30(39)34-25-7-5-23(21(3)15-25)19-37-13-11-36(4)12-14-37/h5,7,9-10,15-18,20H,11-14,19H2,1-4H3,(H,34,39). The largest absolute Gasteiger partial charge is 0.474 e. The Hall–Kier alpha value is -4.33. The van der Waals surface area contributed by atoms with Gasteiger partial charge in [-0.3, -0.25) is 9.69 Å². The first-order valence-corrected chi connectivity index (χ1v) is 13.3. The highest BCUT2D eigenvalue weighted by Gasteiger charge is 2.16. The highest BCUT2D eigenvalue weighted by molar-refractivity contribution is 6.04. The van der Waals surface area contributed by atoms with Crippen LogP contribution in [0.3, 0.4) is 0 Å². The maximum Gasteiger partial charge on any atom is 0.257 e. The lowest BCUT2D eigenvalue weighted by Crippen LogP contribution is -2.43. The molecule has 1 aromatic carbocycles. The molecule has 0 bridgehead atoms. The number of nitrogens with zero attached hydrogens (tertiary/aromatic N) is 6. The van der Waals surface area contributed by atoms with E-state index in [2.05, 4.69) is 49.1 Å². The summed E-state index contributed by atoms with van der Waals surface area (Å²) in [5.41, 5.74) is 4.22. The molecule has 4 aromatic rings. The van der Waals surface area contributed by atoms with Crippen LogP contribution in [-0.2, 0) is 6.54 Å². The number of likely N-dealkylation sites (N-methyl/N-ethyl adjacent to an activating group) is 1. The number of hydrogen-bond donors (Lipinski definition) is 1. The van der Waals surface area contributed by atoms with Gasteiger partial charge in [0, 0.05) is 50.7 Å². The fraction of sp³-hybridized carbons (Fsp3) is 0.333. The van der Waals surface area contributed by atoms with E-state index >= 15 is 0 Å². The maximum atomic E-state index is 14.5. The molecule has 0 saturated carbocycles. The number of aromatic nitrogens is 4. The molecule has 0 aliphatic carbocycles. The molecule has 1 fully saturated rings. The Kier molecular flexibility index (Phi) is 8.05. The predicted molar refractivity (Wildman–Crippen MR) is 151 cm³/mol. The number of aryl methyl sites for hydroxylation is 1. The molecule has 4 heterocycles. The fourth-order valence-corrected chi connectivity index (χ4v) is 4.44. The average molecular weight is 542 g/mol. The van der Waals surface area contributed by atoms with Gasteiger partial charge in [-0.25, -0.2) is 14.5 Å². The van der Waals surface area contributed by atoms with Crippen molar-refractivity contribution >= 4 is 17.2 Å². The third-order valence-electron chi connectivity index (χ3n) is 6.71. The molecule has 1 amide bonds. The Balaban J connectivity index is 1.30. The van der Waals surface area contributed by atoms with E-state index in [4.69, 9.17) is 4.74 Å². The van der Waals surface area contributed by atoms with Crippen molar-refractivity contribution in [3.8, 4) is 17.7 Å². The Morgan fingerprint density at radius 1 is 1.07 bits per heavy atom. The monoisotopic (exact) mass is 541 g/mol. The number of amides is 1. The van der Waals surface area contributed by atoms with Gasteiger partial charge in [-0.2, -0.15) is 4.39 Å². The van der Waals surface area contributed by atoms with Crippen LogP contribution in [-0.4, -0.2) is 74.6 Å². The lowest BCUT2D eigenvalue weighted by atomic mass is 10.1. The van der Waals surface area contributed by atoms with Crippen LogP contribution in [0.2, 0.25) is 0 Å². The molecule has 3 aromatic heterocycles. The number of ether oxygens (including phenoxy) is 1. The summed E-state index contributed by atoms with van der Waals surface area (Å²) in [4.78, 5) is 25.8. The van der Waals surface area contributed by atoms with Crippen molar-refractivity contribution in [1.82, 2.24) is 29.4 Å². The summed E-state index contributed by atoms with van der Waals surface area (Å²) in [6.07, 6.45) is 2.71. The number of fused-ring (bicyclic) bond motifs is 1. The molecular formula is C30H32FN7O2. The predicted octanol–water partition coefficient (Wildman–Crippen LogP) is 3.76. The molecule has 0 unspecified atom stereocenters. The van der Waals surface area contributed by atoms with E-state index in [1.807, 2.05) is 39.0 Å². The van der Waals surface area contributed by atoms with Crippen molar-refractivity contribution in [2.24, 2.45) is 0 Å². The van der Waals surface area contributed by atoms with Crippen molar-refractivity contribution < 1.29 is 13.9 Å². The number of nitrogens with one attached hydrogen (secondary N) is 1. The van der Waals surface area contributed by atoms with E-state index in [0.29, 0.717) is 22.9 Å². The molecule has 1 saturated heterocycles. The van der Waals surface area contributed by atoms with Crippen LogP contribution in [0.15, 0.2) is 48.8 Å². The summed E-state index contributed by atoms with van der Waals surface area (Å²) in [5, 5.41) is 7.29. The number of carbonyl (C=O) groups excluding carboxylic acids is 1. The van der Waals surface area contributed by atoms with Gasteiger partial charge in [0.05, 0.1) is 23.4 Å². The molecule has 0 radical (unpaired) electrons. The fourth-order valence-electron chi connectivity index (χ4n) is 4.44. The first-order valence-electron chi connectivity index (χ1n) is 13.3. The highest BCUT2D eigenvalue weighted by atomic mass is 19.1. The third kappa shape index (κ3) is 6.45. The van der Waals surface area contributed by atoms with Gasteiger partial charge < -0.3 is 15.0 Å². The molecule has 10 heteroatoms. The molecule has 1 aliphatic rings. The molecule has 5 rings (SSSR count). The Labute approximate surface area is 233 Å². The lowest BCUT2D eigenvalue weighted by Gasteiger charge is -2.32. The van der Waals surface area contributed by atoms with Crippen molar-refractivity contribution in [1.29, 1.82) is 0 Å². The summed E-state index contributed by atoms with van der Waals surface area (Å²) in [6.45, 7) is 10.9. The van der Waals surface area contributed by atoms with E-state index in [1.54, 1.807) is 18.3 Å². The molecule has 0 atom stereocenters. The summed E-state index contributed by atoms with van der Waals surface area (Å²) < 4.78 is 21.7. The smallest absolute Gasteiger partial charge is 0.257 e. The second-order valence-electron chi connectivity index (χ2n) is 10.2. The Morgan fingerprint density at radius 3 is 2.62 bits per heavy atom. The van der Waals surface area contributed by atoms with Gasteiger partial charge in [0.15, 0.2) is 5.65 Å². The number of piperazine rings is 1. The first kappa shape index (κ1) is 27.2. The van der Waals surface area contributed by atoms with E-state index in [0.717, 1.165) is 38.3 Å². The highest BCUT2D eigenvalue weighted by Crippen LogP contribution is 2.19. The van der Waals surface area contributed by atoms with E-state index < -0.39 is 11.9 Å². The van der Waals surface area contributed by atoms with E-state index in [9.17, 15) is 9.18 Å².